The van der Waals surface area contributed by atoms with Gasteiger partial charge in [-0.1, -0.05) is 0 Å². The van der Waals surface area contributed by atoms with E-state index < -0.39 is 22.2 Å². The van der Waals surface area contributed by atoms with Crippen molar-refractivity contribution in [3.8, 4) is 0 Å². The summed E-state index contributed by atoms with van der Waals surface area (Å²) in [6.07, 6.45) is 3.28. The Morgan fingerprint density at radius 2 is 1.88 bits per heavy atom. The van der Waals surface area contributed by atoms with E-state index in [2.05, 4.69) is 4.72 Å². The summed E-state index contributed by atoms with van der Waals surface area (Å²) in [7, 11) is -3.61. The van der Waals surface area contributed by atoms with Gasteiger partial charge in [-0.3, -0.25) is 4.79 Å². The standard InChI is InChI=1S/C9H16N2O4S/c12-9(13)8(7-3-4-7)10-16(14,15)11-5-1-2-6-11/h7-8,10H,1-6H2,(H,12,13). The molecule has 1 saturated carbocycles. The molecule has 0 bridgehead atoms. The fourth-order valence-electron chi connectivity index (χ4n) is 1.94. The lowest BCUT2D eigenvalue weighted by Gasteiger charge is -2.20. The number of carboxylic acid groups (broad SMARTS) is 1. The van der Waals surface area contributed by atoms with Crippen molar-refractivity contribution in [3.63, 3.8) is 0 Å². The van der Waals surface area contributed by atoms with Crippen LogP contribution in [0.25, 0.3) is 0 Å². The number of rotatable bonds is 5. The van der Waals surface area contributed by atoms with E-state index in [1.807, 2.05) is 0 Å². The zero-order chi connectivity index (χ0) is 11.8. The average molecular weight is 248 g/mol. The van der Waals surface area contributed by atoms with E-state index in [0.29, 0.717) is 13.1 Å². The molecular weight excluding hydrogens is 232 g/mol. The molecule has 1 aliphatic carbocycles. The van der Waals surface area contributed by atoms with Gasteiger partial charge in [0.25, 0.3) is 10.2 Å². The average Bonchev–Trinajstić information content (AvgIpc) is 2.87. The molecule has 0 aromatic carbocycles. The number of carboxylic acids is 1. The van der Waals surface area contributed by atoms with E-state index in [4.69, 9.17) is 5.11 Å². The van der Waals surface area contributed by atoms with Crippen LogP contribution >= 0.6 is 0 Å². The van der Waals surface area contributed by atoms with Crippen molar-refractivity contribution in [2.75, 3.05) is 13.1 Å². The lowest BCUT2D eigenvalue weighted by molar-refractivity contribution is -0.139. The molecule has 1 heterocycles. The van der Waals surface area contributed by atoms with Crippen LogP contribution in [0.2, 0.25) is 0 Å². The van der Waals surface area contributed by atoms with Gasteiger partial charge < -0.3 is 5.11 Å². The van der Waals surface area contributed by atoms with Crippen molar-refractivity contribution < 1.29 is 18.3 Å². The van der Waals surface area contributed by atoms with Crippen LogP contribution in [0, 0.1) is 5.92 Å². The van der Waals surface area contributed by atoms with Crippen LogP contribution in [0.4, 0.5) is 0 Å². The third-order valence-electron chi connectivity index (χ3n) is 3.04. The minimum Gasteiger partial charge on any atom is -0.480 e. The summed E-state index contributed by atoms with van der Waals surface area (Å²) in [4.78, 5) is 10.9. The topological polar surface area (TPSA) is 86.7 Å². The van der Waals surface area contributed by atoms with Gasteiger partial charge in [0.1, 0.15) is 6.04 Å². The molecule has 2 rings (SSSR count). The molecule has 1 aliphatic heterocycles. The quantitative estimate of drug-likeness (QED) is 0.704. The molecule has 0 amide bonds. The van der Waals surface area contributed by atoms with Gasteiger partial charge in [-0.15, -0.1) is 0 Å². The van der Waals surface area contributed by atoms with Crippen molar-refractivity contribution in [3.05, 3.63) is 0 Å². The maximum atomic E-state index is 11.8. The number of aliphatic carboxylic acids is 1. The fraction of sp³-hybridized carbons (Fsp3) is 0.889. The predicted octanol–water partition coefficient (Wildman–Crippen LogP) is -0.220. The van der Waals surface area contributed by atoms with Crippen LogP contribution < -0.4 is 4.72 Å². The van der Waals surface area contributed by atoms with Crippen molar-refractivity contribution in [1.82, 2.24) is 9.03 Å². The van der Waals surface area contributed by atoms with Crippen LogP contribution in [-0.4, -0.2) is 42.9 Å². The summed E-state index contributed by atoms with van der Waals surface area (Å²) in [5, 5.41) is 8.94. The summed E-state index contributed by atoms with van der Waals surface area (Å²) in [6.45, 7) is 0.985. The zero-order valence-corrected chi connectivity index (χ0v) is 9.74. The predicted molar refractivity (Wildman–Crippen MR) is 57.0 cm³/mol. The van der Waals surface area contributed by atoms with Gasteiger partial charge in [0, 0.05) is 13.1 Å². The first-order chi connectivity index (χ1) is 7.50. The second-order valence-corrected chi connectivity index (χ2v) is 6.08. The van der Waals surface area contributed by atoms with Gasteiger partial charge in [0.05, 0.1) is 0 Å². The van der Waals surface area contributed by atoms with Crippen molar-refractivity contribution in [1.29, 1.82) is 0 Å². The lowest BCUT2D eigenvalue weighted by Crippen LogP contribution is -2.48. The number of nitrogens with zero attached hydrogens (tertiary/aromatic N) is 1. The maximum absolute atomic E-state index is 11.8. The highest BCUT2D eigenvalue weighted by Crippen LogP contribution is 2.33. The number of hydrogen-bond donors (Lipinski definition) is 2. The van der Waals surface area contributed by atoms with E-state index in [1.54, 1.807) is 0 Å². The Morgan fingerprint density at radius 1 is 1.31 bits per heavy atom. The summed E-state index contributed by atoms with van der Waals surface area (Å²) < 4.78 is 27.3. The van der Waals surface area contributed by atoms with Crippen LogP contribution in [0.15, 0.2) is 0 Å². The summed E-state index contributed by atoms with van der Waals surface area (Å²) >= 11 is 0. The Labute approximate surface area is 94.8 Å². The highest BCUT2D eigenvalue weighted by Gasteiger charge is 2.40. The van der Waals surface area contributed by atoms with Crippen molar-refractivity contribution in [2.24, 2.45) is 5.92 Å². The summed E-state index contributed by atoms with van der Waals surface area (Å²) in [5.74, 6) is -1.11. The highest BCUT2D eigenvalue weighted by atomic mass is 32.2. The molecule has 16 heavy (non-hydrogen) atoms. The van der Waals surface area contributed by atoms with Crippen LogP contribution in [0.5, 0.6) is 0 Å². The Balaban J connectivity index is 2.03. The largest absolute Gasteiger partial charge is 0.480 e. The maximum Gasteiger partial charge on any atom is 0.322 e. The molecule has 2 fully saturated rings. The lowest BCUT2D eigenvalue weighted by atomic mass is 10.2. The third-order valence-corrected chi connectivity index (χ3v) is 4.64. The molecular formula is C9H16N2O4S. The van der Waals surface area contributed by atoms with E-state index >= 15 is 0 Å². The van der Waals surface area contributed by atoms with E-state index in [9.17, 15) is 13.2 Å². The smallest absolute Gasteiger partial charge is 0.322 e. The monoisotopic (exact) mass is 248 g/mol. The molecule has 92 valence electrons. The molecule has 0 radical (unpaired) electrons. The molecule has 2 aliphatic rings. The van der Waals surface area contributed by atoms with Gasteiger partial charge in [-0.2, -0.15) is 17.4 Å². The molecule has 1 unspecified atom stereocenters. The second-order valence-electron chi connectivity index (χ2n) is 4.38. The van der Waals surface area contributed by atoms with Crippen molar-refractivity contribution >= 4 is 16.2 Å². The minimum atomic E-state index is -3.61. The van der Waals surface area contributed by atoms with Gasteiger partial charge in [0.15, 0.2) is 0 Å². The van der Waals surface area contributed by atoms with E-state index in [-0.39, 0.29) is 5.92 Å². The Kier molecular flexibility index (Phi) is 3.18. The molecule has 1 saturated heterocycles. The molecule has 6 nitrogen and oxygen atoms in total. The van der Waals surface area contributed by atoms with Crippen LogP contribution in [-0.2, 0) is 15.0 Å². The normalized spacial score (nSPS) is 24.5. The fourth-order valence-corrected chi connectivity index (χ4v) is 3.44. The number of nitrogens with one attached hydrogen (secondary N) is 1. The molecule has 2 N–H and O–H groups in total. The molecule has 0 spiro atoms. The zero-order valence-electron chi connectivity index (χ0n) is 8.92. The second kappa shape index (κ2) is 4.31. The van der Waals surface area contributed by atoms with Gasteiger partial charge in [-0.25, -0.2) is 0 Å². The van der Waals surface area contributed by atoms with E-state index in [0.717, 1.165) is 25.7 Å². The Bertz CT molecular complexity index is 371. The number of hydrogen-bond acceptors (Lipinski definition) is 3. The van der Waals surface area contributed by atoms with Crippen molar-refractivity contribution in [2.45, 2.75) is 31.7 Å². The van der Waals surface area contributed by atoms with Gasteiger partial charge in [-0.05, 0) is 31.6 Å². The number of carbonyl (C=O) groups is 1. The van der Waals surface area contributed by atoms with Gasteiger partial charge in [0.2, 0.25) is 0 Å². The minimum absolute atomic E-state index is 0.0325. The van der Waals surface area contributed by atoms with Crippen LogP contribution in [0.1, 0.15) is 25.7 Å². The van der Waals surface area contributed by atoms with Gasteiger partial charge >= 0.3 is 5.97 Å². The third kappa shape index (κ3) is 2.53. The first kappa shape index (κ1) is 11.8. The van der Waals surface area contributed by atoms with E-state index in [1.165, 1.54) is 4.31 Å². The molecule has 0 aromatic rings. The summed E-state index contributed by atoms with van der Waals surface area (Å²) in [6, 6.07) is -0.953. The SMILES string of the molecule is O=C(O)C(NS(=O)(=O)N1CCCC1)C1CC1. The first-order valence-corrected chi connectivity index (χ1v) is 6.95. The molecule has 7 heteroatoms. The molecule has 0 aromatic heterocycles. The highest BCUT2D eigenvalue weighted by molar-refractivity contribution is 7.87. The molecule has 1 atom stereocenters. The summed E-state index contributed by atoms with van der Waals surface area (Å²) in [5.41, 5.74) is 0. The Morgan fingerprint density at radius 3 is 2.31 bits per heavy atom. The Hall–Kier alpha value is -0.660. The van der Waals surface area contributed by atoms with Crippen LogP contribution in [0.3, 0.4) is 0 Å². The first-order valence-electron chi connectivity index (χ1n) is 5.51.